The van der Waals surface area contributed by atoms with Gasteiger partial charge in [0.15, 0.2) is 0 Å². The Morgan fingerprint density at radius 1 is 1.18 bits per heavy atom. The fraction of sp³-hybridized carbons (Fsp3) is 0.688. The Hall–Kier alpha value is -0.850. The average molecular weight is 231 g/mol. The first-order valence-corrected chi connectivity index (χ1v) is 7.32. The predicted molar refractivity (Wildman–Crippen MR) is 73.4 cm³/mol. The minimum Gasteiger partial charge on any atom is -0.261 e. The van der Waals surface area contributed by atoms with Crippen LogP contribution in [0, 0.1) is 0 Å². The molecule has 0 aliphatic heterocycles. The summed E-state index contributed by atoms with van der Waals surface area (Å²) in [4.78, 5) is 4.73. The van der Waals surface area contributed by atoms with Crippen LogP contribution >= 0.6 is 0 Å². The molecule has 17 heavy (non-hydrogen) atoms. The van der Waals surface area contributed by atoms with Crippen molar-refractivity contribution in [3.05, 3.63) is 29.1 Å². The summed E-state index contributed by atoms with van der Waals surface area (Å²) < 4.78 is 0. The number of fused-ring (bicyclic) bond motifs is 1. The molecule has 0 spiro atoms. The molecule has 0 bridgehead atoms. The highest BCUT2D eigenvalue weighted by atomic mass is 14.7. The molecule has 1 aromatic heterocycles. The van der Waals surface area contributed by atoms with Gasteiger partial charge < -0.3 is 0 Å². The van der Waals surface area contributed by atoms with Gasteiger partial charge in [-0.15, -0.1) is 0 Å². The molecule has 1 unspecified atom stereocenters. The van der Waals surface area contributed by atoms with Crippen molar-refractivity contribution in [3.8, 4) is 0 Å². The Kier molecular flexibility index (Phi) is 4.58. The molecule has 0 fully saturated rings. The minimum absolute atomic E-state index is 0.723. The highest BCUT2D eigenvalue weighted by Gasteiger charge is 2.13. The molecule has 2 rings (SSSR count). The van der Waals surface area contributed by atoms with Crippen molar-refractivity contribution in [2.45, 2.75) is 71.1 Å². The molecule has 1 heterocycles. The van der Waals surface area contributed by atoms with Crippen molar-refractivity contribution in [1.29, 1.82) is 0 Å². The maximum atomic E-state index is 4.73. The van der Waals surface area contributed by atoms with E-state index in [4.69, 9.17) is 4.98 Å². The van der Waals surface area contributed by atoms with Crippen LogP contribution in [-0.4, -0.2) is 4.98 Å². The van der Waals surface area contributed by atoms with Crippen molar-refractivity contribution in [2.75, 3.05) is 0 Å². The standard InChI is InChI=1S/C16H25N/c1-3-8-13(4-2)15-11-14-9-6-5-7-10-16(14)17-12-15/h11-13H,3-10H2,1-2H3. The van der Waals surface area contributed by atoms with Crippen molar-refractivity contribution >= 4 is 0 Å². The van der Waals surface area contributed by atoms with Crippen LogP contribution < -0.4 is 0 Å². The maximum absolute atomic E-state index is 4.73. The first-order chi connectivity index (χ1) is 8.35. The molecule has 0 radical (unpaired) electrons. The second-order valence-electron chi connectivity index (χ2n) is 5.33. The van der Waals surface area contributed by atoms with Gasteiger partial charge in [0.25, 0.3) is 0 Å². The molecule has 0 aromatic carbocycles. The lowest BCUT2D eigenvalue weighted by Crippen LogP contribution is -2.02. The van der Waals surface area contributed by atoms with Crippen molar-refractivity contribution < 1.29 is 0 Å². The summed E-state index contributed by atoms with van der Waals surface area (Å²) in [5.74, 6) is 0.723. The normalized spacial score (nSPS) is 17.3. The van der Waals surface area contributed by atoms with E-state index in [-0.39, 0.29) is 0 Å². The quantitative estimate of drug-likeness (QED) is 0.688. The summed E-state index contributed by atoms with van der Waals surface area (Å²) in [5, 5.41) is 0. The van der Waals surface area contributed by atoms with Gasteiger partial charge in [-0.2, -0.15) is 0 Å². The van der Waals surface area contributed by atoms with Gasteiger partial charge in [0, 0.05) is 11.9 Å². The van der Waals surface area contributed by atoms with Crippen LogP contribution in [0.4, 0.5) is 0 Å². The largest absolute Gasteiger partial charge is 0.261 e. The maximum Gasteiger partial charge on any atom is 0.0435 e. The highest BCUT2D eigenvalue weighted by molar-refractivity contribution is 5.28. The zero-order valence-electron chi connectivity index (χ0n) is 11.3. The van der Waals surface area contributed by atoms with Crippen LogP contribution in [0.15, 0.2) is 12.3 Å². The molecule has 1 aromatic rings. The number of pyridine rings is 1. The number of nitrogens with zero attached hydrogens (tertiary/aromatic N) is 1. The van der Waals surface area contributed by atoms with Crippen LogP contribution in [0.2, 0.25) is 0 Å². The van der Waals surface area contributed by atoms with Gasteiger partial charge in [-0.1, -0.05) is 32.8 Å². The number of hydrogen-bond acceptors (Lipinski definition) is 1. The van der Waals surface area contributed by atoms with Gasteiger partial charge in [-0.25, -0.2) is 0 Å². The zero-order chi connectivity index (χ0) is 12.1. The van der Waals surface area contributed by atoms with E-state index in [0.29, 0.717) is 0 Å². The number of rotatable bonds is 4. The summed E-state index contributed by atoms with van der Waals surface area (Å²) in [6.07, 6.45) is 12.5. The first kappa shape index (κ1) is 12.6. The van der Waals surface area contributed by atoms with Crippen molar-refractivity contribution in [2.24, 2.45) is 0 Å². The third-order valence-corrected chi connectivity index (χ3v) is 4.04. The molecular formula is C16H25N. The second kappa shape index (κ2) is 6.18. The Balaban J connectivity index is 2.21. The topological polar surface area (TPSA) is 12.9 Å². The van der Waals surface area contributed by atoms with Crippen molar-refractivity contribution in [3.63, 3.8) is 0 Å². The summed E-state index contributed by atoms with van der Waals surface area (Å²) in [6.45, 7) is 4.57. The van der Waals surface area contributed by atoms with E-state index in [0.717, 1.165) is 5.92 Å². The number of hydrogen-bond donors (Lipinski definition) is 0. The monoisotopic (exact) mass is 231 g/mol. The Morgan fingerprint density at radius 3 is 2.76 bits per heavy atom. The van der Waals surface area contributed by atoms with E-state index in [1.165, 1.54) is 68.2 Å². The zero-order valence-corrected chi connectivity index (χ0v) is 11.3. The molecular weight excluding hydrogens is 206 g/mol. The lowest BCUT2D eigenvalue weighted by atomic mass is 9.91. The van der Waals surface area contributed by atoms with Gasteiger partial charge in [-0.3, -0.25) is 4.98 Å². The molecule has 0 saturated heterocycles. The molecule has 1 aliphatic carbocycles. The SMILES string of the molecule is CCCC(CC)c1cnc2c(c1)CCCCC2. The first-order valence-electron chi connectivity index (χ1n) is 7.32. The predicted octanol–water partition coefficient (Wildman–Crippen LogP) is 4.64. The number of aryl methyl sites for hydroxylation is 2. The molecule has 94 valence electrons. The Morgan fingerprint density at radius 2 is 2.00 bits per heavy atom. The third kappa shape index (κ3) is 3.08. The van der Waals surface area contributed by atoms with E-state index in [1.54, 1.807) is 0 Å². The van der Waals surface area contributed by atoms with E-state index < -0.39 is 0 Å². The second-order valence-corrected chi connectivity index (χ2v) is 5.33. The summed E-state index contributed by atoms with van der Waals surface area (Å²) in [5.41, 5.74) is 4.39. The summed E-state index contributed by atoms with van der Waals surface area (Å²) in [6, 6.07) is 2.46. The lowest BCUT2D eigenvalue weighted by molar-refractivity contribution is 0.592. The average Bonchev–Trinajstić information content (AvgIpc) is 2.60. The molecule has 0 N–H and O–H groups in total. The van der Waals surface area contributed by atoms with Crippen LogP contribution in [0.1, 0.15) is 75.1 Å². The molecule has 0 amide bonds. The van der Waals surface area contributed by atoms with E-state index in [2.05, 4.69) is 26.1 Å². The van der Waals surface area contributed by atoms with Crippen LogP contribution in [0.5, 0.6) is 0 Å². The molecule has 1 atom stereocenters. The lowest BCUT2D eigenvalue weighted by Gasteiger charge is -2.16. The molecule has 1 nitrogen and oxygen atoms in total. The fourth-order valence-corrected chi connectivity index (χ4v) is 2.96. The van der Waals surface area contributed by atoms with Crippen LogP contribution in [-0.2, 0) is 12.8 Å². The van der Waals surface area contributed by atoms with Gasteiger partial charge in [0.2, 0.25) is 0 Å². The van der Waals surface area contributed by atoms with Crippen LogP contribution in [0.25, 0.3) is 0 Å². The van der Waals surface area contributed by atoms with Gasteiger partial charge in [0.05, 0.1) is 0 Å². The van der Waals surface area contributed by atoms with Gasteiger partial charge >= 0.3 is 0 Å². The van der Waals surface area contributed by atoms with E-state index >= 15 is 0 Å². The smallest absolute Gasteiger partial charge is 0.0435 e. The Bertz CT molecular complexity index is 357. The summed E-state index contributed by atoms with van der Waals surface area (Å²) in [7, 11) is 0. The van der Waals surface area contributed by atoms with Crippen LogP contribution in [0.3, 0.4) is 0 Å². The fourth-order valence-electron chi connectivity index (χ4n) is 2.96. The number of aromatic nitrogens is 1. The Labute approximate surface area is 106 Å². The van der Waals surface area contributed by atoms with Gasteiger partial charge in [0.1, 0.15) is 0 Å². The summed E-state index contributed by atoms with van der Waals surface area (Å²) >= 11 is 0. The highest BCUT2D eigenvalue weighted by Crippen LogP contribution is 2.27. The van der Waals surface area contributed by atoms with E-state index in [1.807, 2.05) is 0 Å². The van der Waals surface area contributed by atoms with Gasteiger partial charge in [-0.05, 0) is 55.6 Å². The van der Waals surface area contributed by atoms with E-state index in [9.17, 15) is 0 Å². The third-order valence-electron chi connectivity index (χ3n) is 4.04. The molecule has 0 saturated carbocycles. The molecule has 1 heteroatoms. The minimum atomic E-state index is 0.723. The van der Waals surface area contributed by atoms with Crippen molar-refractivity contribution in [1.82, 2.24) is 4.98 Å². The molecule has 1 aliphatic rings.